The van der Waals surface area contributed by atoms with E-state index in [0.29, 0.717) is 6.61 Å². The third-order valence-electron chi connectivity index (χ3n) is 4.84. The van der Waals surface area contributed by atoms with Crippen molar-refractivity contribution in [3.05, 3.63) is 103 Å². The van der Waals surface area contributed by atoms with Gasteiger partial charge in [0.15, 0.2) is 0 Å². The van der Waals surface area contributed by atoms with Crippen LogP contribution in [-0.2, 0) is 11.2 Å². The summed E-state index contributed by atoms with van der Waals surface area (Å²) in [6, 6.07) is 31.9. The molecule has 0 radical (unpaired) electrons. The third-order valence-corrected chi connectivity index (χ3v) is 4.84. The molecular weight excluding hydrogens is 372 g/mol. The van der Waals surface area contributed by atoms with Crippen molar-refractivity contribution >= 4 is 28.1 Å². The van der Waals surface area contributed by atoms with Crippen molar-refractivity contribution in [1.29, 1.82) is 0 Å². The first-order valence-electron chi connectivity index (χ1n) is 10.1. The van der Waals surface area contributed by atoms with Crippen LogP contribution >= 0.6 is 0 Å². The van der Waals surface area contributed by atoms with Gasteiger partial charge in [-0.25, -0.2) is 0 Å². The van der Waals surface area contributed by atoms with Gasteiger partial charge in [0.05, 0.1) is 13.2 Å². The maximum atomic E-state index is 12.3. The van der Waals surface area contributed by atoms with E-state index in [1.54, 1.807) is 0 Å². The Morgan fingerprint density at radius 2 is 1.43 bits per heavy atom. The van der Waals surface area contributed by atoms with Crippen LogP contribution in [-0.4, -0.2) is 19.1 Å². The van der Waals surface area contributed by atoms with Crippen LogP contribution in [0.4, 0.5) is 11.4 Å². The number of carbonyl (C=O) groups excluding carboxylic acids is 1. The van der Waals surface area contributed by atoms with Gasteiger partial charge >= 0.3 is 0 Å². The molecule has 4 heteroatoms. The minimum atomic E-state index is -0.0964. The molecule has 0 saturated heterocycles. The molecule has 1 amide bonds. The maximum absolute atomic E-state index is 12.3. The lowest BCUT2D eigenvalue weighted by Crippen LogP contribution is -2.21. The van der Waals surface area contributed by atoms with Gasteiger partial charge in [-0.3, -0.25) is 4.79 Å². The number of amides is 1. The molecule has 0 spiro atoms. The molecule has 4 aromatic rings. The molecule has 2 N–H and O–H groups in total. The maximum Gasteiger partial charge on any atom is 0.243 e. The standard InChI is InChI=1S/C26H24N2O2/c29-26(19-27-24-11-10-21-8-4-5-9-22(21)18-24)28-23-12-14-25(15-13-23)30-17-16-20-6-2-1-3-7-20/h1-15,18,27H,16-17,19H2,(H,28,29). The molecule has 0 saturated carbocycles. The summed E-state index contributed by atoms with van der Waals surface area (Å²) >= 11 is 0. The molecule has 0 fully saturated rings. The van der Waals surface area contributed by atoms with E-state index in [4.69, 9.17) is 4.74 Å². The highest BCUT2D eigenvalue weighted by molar-refractivity contribution is 5.94. The smallest absolute Gasteiger partial charge is 0.243 e. The summed E-state index contributed by atoms with van der Waals surface area (Å²) in [5.74, 6) is 0.694. The molecule has 0 aliphatic rings. The predicted molar refractivity (Wildman–Crippen MR) is 123 cm³/mol. The quantitative estimate of drug-likeness (QED) is 0.413. The van der Waals surface area contributed by atoms with E-state index in [1.165, 1.54) is 10.9 Å². The summed E-state index contributed by atoms with van der Waals surface area (Å²) in [4.78, 5) is 12.3. The van der Waals surface area contributed by atoms with Gasteiger partial charge < -0.3 is 15.4 Å². The molecule has 0 aliphatic heterocycles. The largest absolute Gasteiger partial charge is 0.493 e. The van der Waals surface area contributed by atoms with Gasteiger partial charge in [0.25, 0.3) is 0 Å². The van der Waals surface area contributed by atoms with Gasteiger partial charge in [-0.2, -0.15) is 0 Å². The lowest BCUT2D eigenvalue weighted by atomic mass is 10.1. The van der Waals surface area contributed by atoms with E-state index in [9.17, 15) is 4.79 Å². The number of anilines is 2. The number of fused-ring (bicyclic) bond motifs is 1. The zero-order chi connectivity index (χ0) is 20.6. The number of hydrogen-bond donors (Lipinski definition) is 2. The van der Waals surface area contributed by atoms with Crippen LogP contribution in [0.1, 0.15) is 5.56 Å². The van der Waals surface area contributed by atoms with E-state index in [2.05, 4.69) is 34.9 Å². The fraction of sp³-hybridized carbons (Fsp3) is 0.115. The molecule has 0 heterocycles. The summed E-state index contributed by atoms with van der Waals surface area (Å²) in [7, 11) is 0. The molecule has 0 aromatic heterocycles. The van der Waals surface area contributed by atoms with Crippen molar-refractivity contribution in [2.75, 3.05) is 23.8 Å². The first-order chi connectivity index (χ1) is 14.8. The molecule has 0 atom stereocenters. The van der Waals surface area contributed by atoms with E-state index < -0.39 is 0 Å². The van der Waals surface area contributed by atoms with Gasteiger partial charge in [0.1, 0.15) is 5.75 Å². The van der Waals surface area contributed by atoms with E-state index >= 15 is 0 Å². The second kappa shape index (κ2) is 9.61. The normalized spacial score (nSPS) is 10.5. The van der Waals surface area contributed by atoms with E-state index in [0.717, 1.165) is 28.9 Å². The van der Waals surface area contributed by atoms with Crippen LogP contribution < -0.4 is 15.4 Å². The number of ether oxygens (including phenoxy) is 1. The molecule has 0 unspecified atom stereocenters. The Hall–Kier alpha value is -3.79. The highest BCUT2D eigenvalue weighted by Gasteiger charge is 2.04. The Kier molecular flexibility index (Phi) is 6.25. The second-order valence-corrected chi connectivity index (χ2v) is 7.07. The van der Waals surface area contributed by atoms with Crippen LogP contribution in [0.3, 0.4) is 0 Å². The van der Waals surface area contributed by atoms with Gasteiger partial charge in [0, 0.05) is 17.8 Å². The average Bonchev–Trinajstić information content (AvgIpc) is 2.79. The number of benzene rings is 4. The molecule has 4 nitrogen and oxygen atoms in total. The Morgan fingerprint density at radius 3 is 2.23 bits per heavy atom. The van der Waals surface area contributed by atoms with Crippen molar-refractivity contribution < 1.29 is 9.53 Å². The number of rotatable bonds is 8. The van der Waals surface area contributed by atoms with Crippen molar-refractivity contribution in [1.82, 2.24) is 0 Å². The van der Waals surface area contributed by atoms with Gasteiger partial charge in [-0.05, 0) is 52.7 Å². The molecule has 4 rings (SSSR count). The van der Waals surface area contributed by atoms with Crippen molar-refractivity contribution in [3.63, 3.8) is 0 Å². The lowest BCUT2D eigenvalue weighted by molar-refractivity contribution is -0.114. The van der Waals surface area contributed by atoms with Gasteiger partial charge in [-0.15, -0.1) is 0 Å². The van der Waals surface area contributed by atoms with Crippen LogP contribution in [0.5, 0.6) is 5.75 Å². The monoisotopic (exact) mass is 396 g/mol. The average molecular weight is 396 g/mol. The summed E-state index contributed by atoms with van der Waals surface area (Å²) < 4.78 is 5.79. The van der Waals surface area contributed by atoms with Crippen molar-refractivity contribution in [3.8, 4) is 5.75 Å². The molecule has 0 bridgehead atoms. The van der Waals surface area contributed by atoms with E-state index in [1.807, 2.05) is 72.8 Å². The number of hydrogen-bond acceptors (Lipinski definition) is 3. The van der Waals surface area contributed by atoms with Crippen LogP contribution in [0.15, 0.2) is 97.1 Å². The second-order valence-electron chi connectivity index (χ2n) is 7.07. The topological polar surface area (TPSA) is 50.4 Å². The summed E-state index contributed by atoms with van der Waals surface area (Å²) in [6.45, 7) is 0.819. The van der Waals surface area contributed by atoms with Crippen LogP contribution in [0, 0.1) is 0 Å². The fourth-order valence-electron chi connectivity index (χ4n) is 3.25. The summed E-state index contributed by atoms with van der Waals surface area (Å²) in [6.07, 6.45) is 0.861. The Balaban J connectivity index is 1.23. The third kappa shape index (κ3) is 5.39. The highest BCUT2D eigenvalue weighted by atomic mass is 16.5. The zero-order valence-corrected chi connectivity index (χ0v) is 16.7. The van der Waals surface area contributed by atoms with Crippen LogP contribution in [0.2, 0.25) is 0 Å². The summed E-state index contributed by atoms with van der Waals surface area (Å²) in [5, 5.41) is 8.40. The molecule has 4 aromatic carbocycles. The Bertz CT molecular complexity index is 1110. The molecular formula is C26H24N2O2. The van der Waals surface area contributed by atoms with E-state index in [-0.39, 0.29) is 12.5 Å². The minimum absolute atomic E-state index is 0.0964. The lowest BCUT2D eigenvalue weighted by Gasteiger charge is -2.10. The predicted octanol–water partition coefficient (Wildman–Crippen LogP) is 5.51. The molecule has 0 aliphatic carbocycles. The highest BCUT2D eigenvalue weighted by Crippen LogP contribution is 2.19. The van der Waals surface area contributed by atoms with Gasteiger partial charge in [0.2, 0.25) is 5.91 Å². The van der Waals surface area contributed by atoms with Crippen molar-refractivity contribution in [2.24, 2.45) is 0 Å². The first kappa shape index (κ1) is 19.5. The van der Waals surface area contributed by atoms with Gasteiger partial charge in [-0.1, -0.05) is 60.7 Å². The molecule has 150 valence electrons. The Morgan fingerprint density at radius 1 is 0.733 bits per heavy atom. The minimum Gasteiger partial charge on any atom is -0.493 e. The summed E-state index contributed by atoms with van der Waals surface area (Å²) in [5.41, 5.74) is 2.92. The zero-order valence-electron chi connectivity index (χ0n) is 16.7. The Labute approximate surface area is 176 Å². The first-order valence-corrected chi connectivity index (χ1v) is 10.1. The number of carbonyl (C=O) groups is 1. The SMILES string of the molecule is O=C(CNc1ccc2ccccc2c1)Nc1ccc(OCCc2ccccc2)cc1. The van der Waals surface area contributed by atoms with Crippen LogP contribution in [0.25, 0.3) is 10.8 Å². The molecule has 30 heavy (non-hydrogen) atoms. The van der Waals surface area contributed by atoms with Crippen molar-refractivity contribution in [2.45, 2.75) is 6.42 Å². The number of nitrogens with one attached hydrogen (secondary N) is 2. The fourth-order valence-corrected chi connectivity index (χ4v) is 3.25.